The molecular weight excluding hydrogens is 294 g/mol. The molecule has 0 unspecified atom stereocenters. The average molecular weight is 310 g/mol. The lowest BCUT2D eigenvalue weighted by molar-refractivity contribution is -0.132. The molecule has 2 saturated heterocycles. The van der Waals surface area contributed by atoms with E-state index in [0.29, 0.717) is 12.3 Å². The molecule has 0 saturated carbocycles. The monoisotopic (exact) mass is 309 g/mol. The lowest BCUT2D eigenvalue weighted by Gasteiger charge is -2.33. The molecule has 96 valence electrons. The zero-order chi connectivity index (χ0) is 12.5. The van der Waals surface area contributed by atoms with Crippen molar-refractivity contribution >= 4 is 21.8 Å². The Labute approximate surface area is 115 Å². The standard InChI is InChI=1S/C14H16BrNO2/c15-12-3-1-11(2-4-12)13-5-6-14(17)16(13)7-10-8-18-9-10/h1-4,10,13H,5-9H2/t13-/m1/s1. The van der Waals surface area contributed by atoms with Crippen LogP contribution in [-0.2, 0) is 9.53 Å². The molecule has 1 aromatic carbocycles. The number of hydrogen-bond donors (Lipinski definition) is 0. The van der Waals surface area contributed by atoms with Gasteiger partial charge in [0.2, 0.25) is 5.91 Å². The topological polar surface area (TPSA) is 29.5 Å². The van der Waals surface area contributed by atoms with E-state index in [1.807, 2.05) is 17.0 Å². The van der Waals surface area contributed by atoms with E-state index >= 15 is 0 Å². The third kappa shape index (κ3) is 2.31. The maximum atomic E-state index is 12.0. The van der Waals surface area contributed by atoms with Crippen LogP contribution in [0.3, 0.4) is 0 Å². The fourth-order valence-corrected chi connectivity index (χ4v) is 2.93. The van der Waals surface area contributed by atoms with Crippen LogP contribution in [0.2, 0.25) is 0 Å². The Kier molecular flexibility index (Phi) is 3.39. The van der Waals surface area contributed by atoms with Crippen LogP contribution in [0.15, 0.2) is 28.7 Å². The molecule has 1 atom stereocenters. The maximum absolute atomic E-state index is 12.0. The van der Waals surface area contributed by atoms with E-state index in [-0.39, 0.29) is 11.9 Å². The van der Waals surface area contributed by atoms with Crippen molar-refractivity contribution in [3.63, 3.8) is 0 Å². The third-order valence-electron chi connectivity index (χ3n) is 3.74. The third-order valence-corrected chi connectivity index (χ3v) is 4.27. The first-order valence-electron chi connectivity index (χ1n) is 6.37. The lowest BCUT2D eigenvalue weighted by Crippen LogP contribution is -2.41. The number of carbonyl (C=O) groups is 1. The zero-order valence-corrected chi connectivity index (χ0v) is 11.7. The summed E-state index contributed by atoms with van der Waals surface area (Å²) in [6.07, 6.45) is 1.61. The second-order valence-corrected chi connectivity index (χ2v) is 5.97. The van der Waals surface area contributed by atoms with Gasteiger partial charge in [-0.25, -0.2) is 0 Å². The highest BCUT2D eigenvalue weighted by Crippen LogP contribution is 2.34. The summed E-state index contributed by atoms with van der Waals surface area (Å²) >= 11 is 3.44. The second kappa shape index (κ2) is 5.02. The van der Waals surface area contributed by atoms with Crippen LogP contribution in [0.25, 0.3) is 0 Å². The highest BCUT2D eigenvalue weighted by molar-refractivity contribution is 9.10. The summed E-state index contributed by atoms with van der Waals surface area (Å²) < 4.78 is 6.27. The maximum Gasteiger partial charge on any atom is 0.223 e. The van der Waals surface area contributed by atoms with Crippen LogP contribution < -0.4 is 0 Å². The molecule has 0 N–H and O–H groups in total. The predicted octanol–water partition coefficient (Wildman–Crippen LogP) is 2.76. The van der Waals surface area contributed by atoms with Gasteiger partial charge in [-0.2, -0.15) is 0 Å². The van der Waals surface area contributed by atoms with Gasteiger partial charge < -0.3 is 9.64 Å². The highest BCUT2D eigenvalue weighted by atomic mass is 79.9. The van der Waals surface area contributed by atoms with Gasteiger partial charge >= 0.3 is 0 Å². The SMILES string of the molecule is O=C1CC[C@H](c2ccc(Br)cc2)N1CC1COC1. The molecule has 0 radical (unpaired) electrons. The molecular formula is C14H16BrNO2. The normalized spacial score (nSPS) is 24.4. The van der Waals surface area contributed by atoms with Crippen LogP contribution >= 0.6 is 15.9 Å². The van der Waals surface area contributed by atoms with Crippen molar-refractivity contribution in [3.8, 4) is 0 Å². The number of rotatable bonds is 3. The minimum atomic E-state index is 0.256. The lowest BCUT2D eigenvalue weighted by atomic mass is 10.0. The van der Waals surface area contributed by atoms with Gasteiger partial charge in [0.25, 0.3) is 0 Å². The number of halogens is 1. The minimum Gasteiger partial charge on any atom is -0.381 e. The molecule has 0 bridgehead atoms. The van der Waals surface area contributed by atoms with Crippen LogP contribution in [0.5, 0.6) is 0 Å². The van der Waals surface area contributed by atoms with E-state index in [4.69, 9.17) is 4.74 Å². The Bertz CT molecular complexity index is 442. The van der Waals surface area contributed by atoms with Crippen molar-refractivity contribution in [3.05, 3.63) is 34.3 Å². The molecule has 2 fully saturated rings. The quantitative estimate of drug-likeness (QED) is 0.859. The molecule has 4 heteroatoms. The zero-order valence-electron chi connectivity index (χ0n) is 10.1. The number of likely N-dealkylation sites (tertiary alicyclic amines) is 1. The number of ether oxygens (including phenoxy) is 1. The summed E-state index contributed by atoms with van der Waals surface area (Å²) in [4.78, 5) is 14.0. The minimum absolute atomic E-state index is 0.256. The largest absolute Gasteiger partial charge is 0.381 e. The van der Waals surface area contributed by atoms with E-state index in [1.54, 1.807) is 0 Å². The Morgan fingerprint density at radius 3 is 2.61 bits per heavy atom. The van der Waals surface area contributed by atoms with Gasteiger partial charge in [-0.3, -0.25) is 4.79 Å². The van der Waals surface area contributed by atoms with Crippen molar-refractivity contribution in [2.45, 2.75) is 18.9 Å². The summed E-state index contributed by atoms with van der Waals surface area (Å²) in [5.41, 5.74) is 1.24. The van der Waals surface area contributed by atoms with Gasteiger partial charge in [0.1, 0.15) is 0 Å². The van der Waals surface area contributed by atoms with Gasteiger partial charge in [0, 0.05) is 23.4 Å². The first kappa shape index (κ1) is 12.2. The van der Waals surface area contributed by atoms with E-state index in [2.05, 4.69) is 28.1 Å². The summed E-state index contributed by atoms with van der Waals surface area (Å²) in [6, 6.07) is 8.56. The first-order chi connectivity index (χ1) is 8.74. The van der Waals surface area contributed by atoms with Crippen LogP contribution in [0, 0.1) is 5.92 Å². The van der Waals surface area contributed by atoms with Crippen LogP contribution in [0.4, 0.5) is 0 Å². The van der Waals surface area contributed by atoms with E-state index in [1.165, 1.54) is 5.56 Å². The molecule has 3 rings (SSSR count). The van der Waals surface area contributed by atoms with E-state index in [0.717, 1.165) is 30.7 Å². The van der Waals surface area contributed by atoms with Crippen molar-refractivity contribution in [2.75, 3.05) is 19.8 Å². The van der Waals surface area contributed by atoms with Crippen LogP contribution in [-0.4, -0.2) is 30.6 Å². The van der Waals surface area contributed by atoms with Crippen molar-refractivity contribution in [1.82, 2.24) is 4.90 Å². The fourth-order valence-electron chi connectivity index (χ4n) is 2.66. The van der Waals surface area contributed by atoms with Gasteiger partial charge in [0.15, 0.2) is 0 Å². The van der Waals surface area contributed by atoms with E-state index < -0.39 is 0 Å². The molecule has 2 heterocycles. The molecule has 18 heavy (non-hydrogen) atoms. The summed E-state index contributed by atoms with van der Waals surface area (Å²) in [7, 11) is 0. The number of amides is 1. The predicted molar refractivity (Wildman–Crippen MR) is 72.1 cm³/mol. The van der Waals surface area contributed by atoms with Gasteiger partial charge in [0.05, 0.1) is 19.3 Å². The Balaban J connectivity index is 1.76. The Hall–Kier alpha value is -0.870. The van der Waals surface area contributed by atoms with Crippen molar-refractivity contribution < 1.29 is 9.53 Å². The Morgan fingerprint density at radius 1 is 1.28 bits per heavy atom. The average Bonchev–Trinajstić information content (AvgIpc) is 2.67. The number of carbonyl (C=O) groups excluding carboxylic acids is 1. The molecule has 0 spiro atoms. The summed E-state index contributed by atoms with van der Waals surface area (Å²) in [6.45, 7) is 2.45. The molecule has 0 aromatic heterocycles. The fraction of sp³-hybridized carbons (Fsp3) is 0.500. The van der Waals surface area contributed by atoms with Gasteiger partial charge in [-0.05, 0) is 24.1 Å². The molecule has 0 aliphatic carbocycles. The van der Waals surface area contributed by atoms with Crippen molar-refractivity contribution in [1.29, 1.82) is 0 Å². The first-order valence-corrected chi connectivity index (χ1v) is 7.16. The van der Waals surface area contributed by atoms with E-state index in [9.17, 15) is 4.79 Å². The number of hydrogen-bond acceptors (Lipinski definition) is 2. The molecule has 2 aliphatic rings. The smallest absolute Gasteiger partial charge is 0.223 e. The second-order valence-electron chi connectivity index (χ2n) is 5.06. The molecule has 3 nitrogen and oxygen atoms in total. The summed E-state index contributed by atoms with van der Waals surface area (Å²) in [5, 5.41) is 0. The molecule has 1 aromatic rings. The van der Waals surface area contributed by atoms with Gasteiger partial charge in [-0.1, -0.05) is 28.1 Å². The van der Waals surface area contributed by atoms with Crippen molar-refractivity contribution in [2.24, 2.45) is 5.92 Å². The molecule has 1 amide bonds. The molecule has 2 aliphatic heterocycles. The van der Waals surface area contributed by atoms with Gasteiger partial charge in [-0.15, -0.1) is 0 Å². The Morgan fingerprint density at radius 2 is 2.00 bits per heavy atom. The van der Waals surface area contributed by atoms with Crippen LogP contribution in [0.1, 0.15) is 24.4 Å². The summed E-state index contributed by atoms with van der Waals surface area (Å²) in [5.74, 6) is 0.819. The highest BCUT2D eigenvalue weighted by Gasteiger charge is 2.34. The number of nitrogens with zero attached hydrogens (tertiary/aromatic N) is 1. The number of benzene rings is 1.